The number of hydrogen-bond acceptors (Lipinski definition) is 4. The predicted octanol–water partition coefficient (Wildman–Crippen LogP) is 3.82. The molecule has 0 amide bonds. The number of ether oxygens (including phenoxy) is 1. The van der Waals surface area contributed by atoms with Gasteiger partial charge in [0.2, 0.25) is 5.78 Å². The Morgan fingerprint density at radius 2 is 1.84 bits per heavy atom. The summed E-state index contributed by atoms with van der Waals surface area (Å²) in [5.41, 5.74) is 2.19. The summed E-state index contributed by atoms with van der Waals surface area (Å²) in [7, 11) is 0. The molecule has 4 rings (SSSR count). The molecule has 0 atom stereocenters. The van der Waals surface area contributed by atoms with Crippen LogP contribution in [0, 0.1) is 5.82 Å². The van der Waals surface area contributed by atoms with Crippen LogP contribution < -0.4 is 4.74 Å². The zero-order valence-corrected chi connectivity index (χ0v) is 13.1. The lowest BCUT2D eigenvalue weighted by Gasteiger charge is -2.04. The van der Waals surface area contributed by atoms with Crippen molar-refractivity contribution < 1.29 is 14.2 Å². The molecule has 124 valence electrons. The van der Waals surface area contributed by atoms with Gasteiger partial charge in [-0.3, -0.25) is 4.40 Å². The second-order valence-electron chi connectivity index (χ2n) is 5.54. The minimum atomic E-state index is -0.305. The monoisotopic (exact) mass is 335 g/mol. The molecule has 0 bridgehead atoms. The molecule has 0 saturated heterocycles. The van der Waals surface area contributed by atoms with Crippen molar-refractivity contribution in [2.24, 2.45) is 0 Å². The second-order valence-corrected chi connectivity index (χ2v) is 5.54. The lowest BCUT2D eigenvalue weighted by atomic mass is 10.1. The number of para-hydroxylation sites is 1. The van der Waals surface area contributed by atoms with E-state index in [9.17, 15) is 9.50 Å². The van der Waals surface area contributed by atoms with Gasteiger partial charge in [-0.05, 0) is 30.3 Å². The number of imidazole rings is 1. The highest BCUT2D eigenvalue weighted by molar-refractivity contribution is 5.69. The second kappa shape index (κ2) is 6.24. The van der Waals surface area contributed by atoms with Gasteiger partial charge < -0.3 is 9.84 Å². The van der Waals surface area contributed by atoms with E-state index in [0.29, 0.717) is 22.8 Å². The largest absolute Gasteiger partial charge is 0.507 e. The van der Waals surface area contributed by atoms with Crippen LogP contribution in [0.4, 0.5) is 4.39 Å². The van der Waals surface area contributed by atoms with Crippen molar-refractivity contribution in [3.05, 3.63) is 78.6 Å². The first kappa shape index (κ1) is 15.1. The molecule has 0 aliphatic heterocycles. The summed E-state index contributed by atoms with van der Waals surface area (Å²) in [5.74, 6) is 1.00. The van der Waals surface area contributed by atoms with Gasteiger partial charge in [0.1, 0.15) is 23.9 Å². The van der Waals surface area contributed by atoms with Crippen LogP contribution in [0.2, 0.25) is 0 Å². The zero-order chi connectivity index (χ0) is 17.2. The number of aromatic nitrogens is 3. The first-order valence-corrected chi connectivity index (χ1v) is 7.69. The van der Waals surface area contributed by atoms with Crippen molar-refractivity contribution in [3.63, 3.8) is 0 Å². The molecule has 1 N–H and O–H groups in total. The molecule has 0 aliphatic carbocycles. The third kappa shape index (κ3) is 3.14. The van der Waals surface area contributed by atoms with E-state index in [2.05, 4.69) is 9.97 Å². The van der Waals surface area contributed by atoms with Gasteiger partial charge >= 0.3 is 0 Å². The van der Waals surface area contributed by atoms with Gasteiger partial charge in [0, 0.05) is 29.7 Å². The van der Waals surface area contributed by atoms with Crippen molar-refractivity contribution >= 4 is 5.78 Å². The van der Waals surface area contributed by atoms with Gasteiger partial charge in [-0.1, -0.05) is 18.2 Å². The third-order valence-corrected chi connectivity index (χ3v) is 3.78. The number of benzene rings is 2. The maximum absolute atomic E-state index is 12.9. The van der Waals surface area contributed by atoms with Gasteiger partial charge in [0.15, 0.2) is 0 Å². The van der Waals surface area contributed by atoms with Crippen molar-refractivity contribution in [2.75, 3.05) is 0 Å². The molecule has 4 aromatic rings. The zero-order valence-electron chi connectivity index (χ0n) is 13.1. The van der Waals surface area contributed by atoms with Crippen LogP contribution in [-0.2, 0) is 6.61 Å². The average Bonchev–Trinajstić information content (AvgIpc) is 3.04. The Hall–Kier alpha value is -3.41. The molecule has 0 fully saturated rings. The van der Waals surface area contributed by atoms with Gasteiger partial charge in [-0.15, -0.1) is 0 Å². The minimum Gasteiger partial charge on any atom is -0.507 e. The number of phenols is 1. The summed E-state index contributed by atoms with van der Waals surface area (Å²) in [6, 6.07) is 12.9. The average molecular weight is 335 g/mol. The number of phenolic OH excluding ortho intramolecular Hbond substituents is 1. The first-order valence-electron chi connectivity index (χ1n) is 7.69. The van der Waals surface area contributed by atoms with Crippen molar-refractivity contribution in [1.29, 1.82) is 0 Å². The molecule has 6 heteroatoms. The number of halogens is 1. The predicted molar refractivity (Wildman–Crippen MR) is 90.8 cm³/mol. The molecule has 2 aromatic heterocycles. The molecule has 0 unspecified atom stereocenters. The smallest absolute Gasteiger partial charge is 0.234 e. The van der Waals surface area contributed by atoms with Crippen LogP contribution in [0.1, 0.15) is 5.69 Å². The molecule has 2 aromatic carbocycles. The Bertz CT molecular complexity index is 1030. The van der Waals surface area contributed by atoms with Crippen molar-refractivity contribution in [1.82, 2.24) is 14.4 Å². The van der Waals surface area contributed by atoms with E-state index in [4.69, 9.17) is 4.74 Å². The highest BCUT2D eigenvalue weighted by atomic mass is 19.1. The molecule has 0 saturated carbocycles. The summed E-state index contributed by atoms with van der Waals surface area (Å²) in [6.45, 7) is 0.251. The van der Waals surface area contributed by atoms with E-state index in [0.717, 1.165) is 5.56 Å². The molecule has 0 aliphatic rings. The lowest BCUT2D eigenvalue weighted by Crippen LogP contribution is -1.95. The number of fused-ring (bicyclic) bond motifs is 1. The molecular weight excluding hydrogens is 321 g/mol. The normalized spacial score (nSPS) is 10.9. The molecule has 0 spiro atoms. The summed E-state index contributed by atoms with van der Waals surface area (Å²) in [5, 5.41) is 9.97. The number of hydrogen-bond donors (Lipinski definition) is 1. The lowest BCUT2D eigenvalue weighted by molar-refractivity contribution is 0.301. The van der Waals surface area contributed by atoms with E-state index in [1.807, 2.05) is 24.5 Å². The first-order chi connectivity index (χ1) is 12.2. The number of rotatable bonds is 4. The summed E-state index contributed by atoms with van der Waals surface area (Å²) in [6.07, 6.45) is 5.34. The van der Waals surface area contributed by atoms with Crippen LogP contribution in [0.3, 0.4) is 0 Å². The fourth-order valence-electron chi connectivity index (χ4n) is 2.55. The van der Waals surface area contributed by atoms with Gasteiger partial charge in [0.05, 0.1) is 5.69 Å². The standard InChI is InChI=1S/C19H14FN3O2/c20-14-5-7-16(8-6-14)25-12-15-11-23-10-13(9-21-19(23)22-15)17-3-1-2-4-18(17)24/h1-11,24H,12H2. The summed E-state index contributed by atoms with van der Waals surface area (Å²) in [4.78, 5) is 8.71. The summed E-state index contributed by atoms with van der Waals surface area (Å²) < 4.78 is 20.3. The quantitative estimate of drug-likeness (QED) is 0.616. The van der Waals surface area contributed by atoms with Crippen molar-refractivity contribution in [2.45, 2.75) is 6.61 Å². The van der Waals surface area contributed by atoms with Crippen LogP contribution in [0.25, 0.3) is 16.9 Å². The van der Waals surface area contributed by atoms with Gasteiger partial charge in [-0.25, -0.2) is 14.4 Å². The van der Waals surface area contributed by atoms with Crippen LogP contribution >= 0.6 is 0 Å². The minimum absolute atomic E-state index is 0.198. The highest BCUT2D eigenvalue weighted by Crippen LogP contribution is 2.28. The van der Waals surface area contributed by atoms with E-state index in [1.165, 1.54) is 12.1 Å². The maximum atomic E-state index is 12.9. The summed E-state index contributed by atoms with van der Waals surface area (Å²) >= 11 is 0. The van der Waals surface area contributed by atoms with Gasteiger partial charge in [-0.2, -0.15) is 0 Å². The molecule has 25 heavy (non-hydrogen) atoms. The topological polar surface area (TPSA) is 59.7 Å². The van der Waals surface area contributed by atoms with Gasteiger partial charge in [0.25, 0.3) is 0 Å². The molecule has 0 radical (unpaired) electrons. The fraction of sp³-hybridized carbons (Fsp3) is 0.0526. The Morgan fingerprint density at radius 1 is 1.04 bits per heavy atom. The van der Waals surface area contributed by atoms with E-state index >= 15 is 0 Å². The Balaban J connectivity index is 1.58. The van der Waals surface area contributed by atoms with E-state index < -0.39 is 0 Å². The molecular formula is C19H14FN3O2. The van der Waals surface area contributed by atoms with Crippen LogP contribution in [0.15, 0.2) is 67.1 Å². The number of aromatic hydroxyl groups is 1. The highest BCUT2D eigenvalue weighted by Gasteiger charge is 2.08. The van der Waals surface area contributed by atoms with Crippen LogP contribution in [-0.4, -0.2) is 19.5 Å². The Labute approximate surface area is 143 Å². The third-order valence-electron chi connectivity index (χ3n) is 3.78. The van der Waals surface area contributed by atoms with E-state index in [-0.39, 0.29) is 18.2 Å². The molecule has 2 heterocycles. The van der Waals surface area contributed by atoms with Crippen LogP contribution in [0.5, 0.6) is 11.5 Å². The van der Waals surface area contributed by atoms with Crippen molar-refractivity contribution in [3.8, 4) is 22.6 Å². The Kier molecular flexibility index (Phi) is 3.78. The number of nitrogens with zero attached hydrogens (tertiary/aromatic N) is 3. The fourth-order valence-corrected chi connectivity index (χ4v) is 2.55. The Morgan fingerprint density at radius 3 is 2.64 bits per heavy atom. The SMILES string of the molecule is Oc1ccccc1-c1cnc2nc(COc3ccc(F)cc3)cn2c1. The maximum Gasteiger partial charge on any atom is 0.234 e. The molecule has 5 nitrogen and oxygen atoms in total. The van der Waals surface area contributed by atoms with E-state index in [1.54, 1.807) is 34.9 Å².